The minimum absolute atomic E-state index is 0.453. The quantitative estimate of drug-likeness (QED) is 0.612. The van der Waals surface area contributed by atoms with Crippen LogP contribution in [0.2, 0.25) is 0 Å². The number of fused-ring (bicyclic) bond motifs is 2. The summed E-state index contributed by atoms with van der Waals surface area (Å²) in [6, 6.07) is 17.6. The van der Waals surface area contributed by atoms with Crippen molar-refractivity contribution in [1.29, 1.82) is 0 Å². The molecule has 4 aromatic rings. The molecule has 0 saturated carbocycles. The Morgan fingerprint density at radius 2 is 1.92 bits per heavy atom. The van der Waals surface area contributed by atoms with Crippen LogP contribution in [-0.2, 0) is 0 Å². The van der Waals surface area contributed by atoms with Crippen molar-refractivity contribution in [2.45, 2.75) is 12.5 Å². The summed E-state index contributed by atoms with van der Waals surface area (Å²) in [4.78, 5) is 9.30. The molecule has 1 fully saturated rings. The molecule has 118 valence electrons. The van der Waals surface area contributed by atoms with Gasteiger partial charge in [0.15, 0.2) is 5.65 Å². The molecule has 0 radical (unpaired) electrons. The lowest BCUT2D eigenvalue weighted by molar-refractivity contribution is 0.558. The predicted octanol–water partition coefficient (Wildman–Crippen LogP) is 3.79. The zero-order valence-electron chi connectivity index (χ0n) is 13.3. The summed E-state index contributed by atoms with van der Waals surface area (Å²) in [5, 5.41) is 5.92. The highest BCUT2D eigenvalue weighted by molar-refractivity contribution is 5.94. The third-order valence-electron chi connectivity index (χ3n) is 4.95. The molecular weight excluding hydrogens is 296 g/mol. The van der Waals surface area contributed by atoms with Crippen molar-refractivity contribution in [2.24, 2.45) is 0 Å². The summed E-state index contributed by atoms with van der Waals surface area (Å²) >= 11 is 0. The molecular formula is C20H18N4. The largest absolute Gasteiger partial charge is 0.315 e. The molecule has 0 bridgehead atoms. The third kappa shape index (κ3) is 2.11. The van der Waals surface area contributed by atoms with Gasteiger partial charge >= 0.3 is 0 Å². The van der Waals surface area contributed by atoms with Gasteiger partial charge in [0.2, 0.25) is 0 Å². The highest BCUT2D eigenvalue weighted by atomic mass is 15.2. The summed E-state index contributed by atoms with van der Waals surface area (Å²) in [5.41, 5.74) is 4.31. The average Bonchev–Trinajstić information content (AvgIpc) is 3.30. The second-order valence-corrected chi connectivity index (χ2v) is 6.39. The Morgan fingerprint density at radius 3 is 2.79 bits per heavy atom. The maximum atomic E-state index is 4.69. The fourth-order valence-electron chi connectivity index (χ4n) is 3.67. The standard InChI is InChI=1S/C20H18N4/c1-2-4-15-11-16(6-5-14(15)3-1)18-8-10-22-20-19(18)23-13-24(20)17-7-9-21-12-17/h1-6,8,10-11,13,17,21H,7,9,12H2/t17-/m0/s1. The normalized spacial score (nSPS) is 17.8. The monoisotopic (exact) mass is 314 g/mol. The van der Waals surface area contributed by atoms with E-state index >= 15 is 0 Å². The fraction of sp³-hybridized carbons (Fsp3) is 0.200. The van der Waals surface area contributed by atoms with E-state index in [2.05, 4.69) is 63.4 Å². The predicted molar refractivity (Wildman–Crippen MR) is 97.0 cm³/mol. The first-order valence-corrected chi connectivity index (χ1v) is 8.41. The zero-order chi connectivity index (χ0) is 15.9. The molecule has 0 aliphatic carbocycles. The molecule has 4 nitrogen and oxygen atoms in total. The van der Waals surface area contributed by atoms with Gasteiger partial charge in [0, 0.05) is 18.3 Å². The minimum Gasteiger partial charge on any atom is -0.315 e. The van der Waals surface area contributed by atoms with Gasteiger partial charge in [0.25, 0.3) is 0 Å². The molecule has 24 heavy (non-hydrogen) atoms. The van der Waals surface area contributed by atoms with Crippen LogP contribution in [0.25, 0.3) is 33.1 Å². The van der Waals surface area contributed by atoms with E-state index in [9.17, 15) is 0 Å². The first-order chi connectivity index (χ1) is 11.9. The molecule has 1 saturated heterocycles. The SMILES string of the molecule is c1ccc2cc(-c3ccnc4c3ncn4[C@H]3CCNC3)ccc2c1. The van der Waals surface area contributed by atoms with Crippen LogP contribution < -0.4 is 5.32 Å². The highest BCUT2D eigenvalue weighted by Crippen LogP contribution is 2.30. The maximum Gasteiger partial charge on any atom is 0.160 e. The lowest BCUT2D eigenvalue weighted by Crippen LogP contribution is -2.12. The first-order valence-electron chi connectivity index (χ1n) is 8.41. The lowest BCUT2D eigenvalue weighted by atomic mass is 10.0. The number of rotatable bonds is 2. The van der Waals surface area contributed by atoms with Gasteiger partial charge in [-0.2, -0.15) is 0 Å². The van der Waals surface area contributed by atoms with Crippen LogP contribution in [0.5, 0.6) is 0 Å². The molecule has 0 amide bonds. The molecule has 4 heteroatoms. The van der Waals surface area contributed by atoms with E-state index in [1.807, 2.05) is 12.5 Å². The number of aromatic nitrogens is 3. The van der Waals surface area contributed by atoms with Crippen LogP contribution in [0.1, 0.15) is 12.5 Å². The van der Waals surface area contributed by atoms with E-state index in [4.69, 9.17) is 4.98 Å². The second-order valence-electron chi connectivity index (χ2n) is 6.39. The van der Waals surface area contributed by atoms with Crippen molar-refractivity contribution >= 4 is 21.9 Å². The first kappa shape index (κ1) is 13.7. The van der Waals surface area contributed by atoms with Gasteiger partial charge in [0.1, 0.15) is 5.52 Å². The second kappa shape index (κ2) is 5.42. The number of benzene rings is 2. The van der Waals surface area contributed by atoms with Crippen molar-refractivity contribution in [2.75, 3.05) is 13.1 Å². The molecule has 1 aliphatic heterocycles. The summed E-state index contributed by atoms with van der Waals surface area (Å²) in [7, 11) is 0. The Labute approximate surface area is 140 Å². The van der Waals surface area contributed by atoms with E-state index < -0.39 is 0 Å². The Balaban J connectivity index is 1.68. The Bertz CT molecular complexity index is 1030. The van der Waals surface area contributed by atoms with Crippen molar-refractivity contribution in [1.82, 2.24) is 19.9 Å². The molecule has 0 unspecified atom stereocenters. The van der Waals surface area contributed by atoms with Gasteiger partial charge in [-0.25, -0.2) is 9.97 Å². The van der Waals surface area contributed by atoms with Crippen LogP contribution in [0.3, 0.4) is 0 Å². The molecule has 1 atom stereocenters. The van der Waals surface area contributed by atoms with Gasteiger partial charge in [0.05, 0.1) is 12.4 Å². The Kier molecular flexibility index (Phi) is 3.10. The molecule has 2 aromatic carbocycles. The summed E-state index contributed by atoms with van der Waals surface area (Å²) in [6.45, 7) is 2.06. The van der Waals surface area contributed by atoms with Gasteiger partial charge in [-0.15, -0.1) is 0 Å². The highest BCUT2D eigenvalue weighted by Gasteiger charge is 2.20. The fourth-order valence-corrected chi connectivity index (χ4v) is 3.67. The van der Waals surface area contributed by atoms with Crippen LogP contribution in [0.4, 0.5) is 0 Å². The number of imidazole rings is 1. The van der Waals surface area contributed by atoms with E-state index in [1.165, 1.54) is 16.3 Å². The van der Waals surface area contributed by atoms with E-state index in [1.54, 1.807) is 0 Å². The zero-order valence-corrected chi connectivity index (χ0v) is 13.3. The Hall–Kier alpha value is -2.72. The topological polar surface area (TPSA) is 42.7 Å². The molecule has 2 aromatic heterocycles. The van der Waals surface area contributed by atoms with Gasteiger partial charge in [-0.1, -0.05) is 36.4 Å². The molecule has 3 heterocycles. The molecule has 1 N–H and O–H groups in total. The van der Waals surface area contributed by atoms with Crippen LogP contribution >= 0.6 is 0 Å². The van der Waals surface area contributed by atoms with Gasteiger partial charge in [-0.3, -0.25) is 0 Å². The number of nitrogens with one attached hydrogen (secondary N) is 1. The lowest BCUT2D eigenvalue weighted by Gasteiger charge is -2.11. The molecule has 1 aliphatic rings. The summed E-state index contributed by atoms with van der Waals surface area (Å²) in [6.07, 6.45) is 4.97. The van der Waals surface area contributed by atoms with Crippen LogP contribution in [0, 0.1) is 0 Å². The Morgan fingerprint density at radius 1 is 1.00 bits per heavy atom. The number of hydrogen-bond acceptors (Lipinski definition) is 3. The molecule has 0 spiro atoms. The molecule has 5 rings (SSSR count). The smallest absolute Gasteiger partial charge is 0.160 e. The van der Waals surface area contributed by atoms with Crippen molar-refractivity contribution in [3.63, 3.8) is 0 Å². The van der Waals surface area contributed by atoms with E-state index in [-0.39, 0.29) is 0 Å². The maximum absolute atomic E-state index is 4.69. The van der Waals surface area contributed by atoms with Crippen LogP contribution in [0.15, 0.2) is 61.1 Å². The van der Waals surface area contributed by atoms with Crippen LogP contribution in [-0.4, -0.2) is 27.6 Å². The van der Waals surface area contributed by atoms with Crippen molar-refractivity contribution in [3.8, 4) is 11.1 Å². The summed E-state index contributed by atoms with van der Waals surface area (Å²) in [5.74, 6) is 0. The van der Waals surface area contributed by atoms with E-state index in [0.717, 1.165) is 36.2 Å². The summed E-state index contributed by atoms with van der Waals surface area (Å²) < 4.78 is 2.22. The number of pyridine rings is 1. The van der Waals surface area contributed by atoms with Crippen molar-refractivity contribution in [3.05, 3.63) is 61.1 Å². The minimum atomic E-state index is 0.453. The third-order valence-corrected chi connectivity index (χ3v) is 4.95. The van der Waals surface area contributed by atoms with E-state index in [0.29, 0.717) is 6.04 Å². The number of nitrogens with zero attached hydrogens (tertiary/aromatic N) is 3. The van der Waals surface area contributed by atoms with Crippen molar-refractivity contribution < 1.29 is 0 Å². The van der Waals surface area contributed by atoms with Gasteiger partial charge < -0.3 is 9.88 Å². The number of hydrogen-bond donors (Lipinski definition) is 1. The van der Waals surface area contributed by atoms with Gasteiger partial charge in [-0.05, 0) is 41.4 Å². The average molecular weight is 314 g/mol.